The van der Waals surface area contributed by atoms with E-state index in [4.69, 9.17) is 9.47 Å². The van der Waals surface area contributed by atoms with Crippen molar-refractivity contribution in [2.45, 2.75) is 269 Å². The molecular formula is C53H97NO8. The summed E-state index contributed by atoms with van der Waals surface area (Å²) in [5, 5.41) is 54.4. The molecule has 9 heteroatoms. The van der Waals surface area contributed by atoms with Crippen LogP contribution in [0.3, 0.4) is 0 Å². The number of rotatable bonds is 43. The highest BCUT2D eigenvalue weighted by Crippen LogP contribution is 2.23. The number of allylic oxidation sites excluding steroid dienone is 8. The van der Waals surface area contributed by atoms with E-state index in [2.05, 4.69) is 55.6 Å². The minimum atomic E-state index is -1.57. The summed E-state index contributed by atoms with van der Waals surface area (Å²) >= 11 is 0. The minimum Gasteiger partial charge on any atom is -0.394 e. The van der Waals surface area contributed by atoms with Gasteiger partial charge in [0, 0.05) is 6.42 Å². The predicted octanol–water partition coefficient (Wildman–Crippen LogP) is 11.8. The number of ether oxygens (including phenoxy) is 2. The highest BCUT2D eigenvalue weighted by molar-refractivity contribution is 5.76. The molecule has 6 N–H and O–H groups in total. The van der Waals surface area contributed by atoms with Crippen molar-refractivity contribution in [2.24, 2.45) is 0 Å². The molecule has 0 saturated carbocycles. The van der Waals surface area contributed by atoms with Crippen LogP contribution in [-0.2, 0) is 14.3 Å². The van der Waals surface area contributed by atoms with E-state index < -0.39 is 49.5 Å². The summed E-state index contributed by atoms with van der Waals surface area (Å²) in [6.07, 6.45) is 48.7. The van der Waals surface area contributed by atoms with E-state index in [1.165, 1.54) is 148 Å². The second-order valence-electron chi connectivity index (χ2n) is 17.9. The summed E-state index contributed by atoms with van der Waals surface area (Å²) in [6.45, 7) is 3.68. The maximum Gasteiger partial charge on any atom is 0.220 e. The molecule has 0 aromatic heterocycles. The molecule has 0 aliphatic carbocycles. The van der Waals surface area contributed by atoms with Gasteiger partial charge in [0.2, 0.25) is 5.91 Å². The van der Waals surface area contributed by atoms with Crippen LogP contribution in [0.2, 0.25) is 0 Å². The molecule has 0 bridgehead atoms. The lowest BCUT2D eigenvalue weighted by atomic mass is 9.99. The van der Waals surface area contributed by atoms with E-state index in [1.807, 2.05) is 12.2 Å². The number of aliphatic hydroxyl groups excluding tert-OH is 5. The van der Waals surface area contributed by atoms with Gasteiger partial charge in [-0.05, 0) is 38.5 Å². The Kier molecular flexibility index (Phi) is 40.4. The lowest BCUT2D eigenvalue weighted by Gasteiger charge is -2.40. The quantitative estimate of drug-likeness (QED) is 0.0262. The Hall–Kier alpha value is -1.85. The van der Waals surface area contributed by atoms with Crippen LogP contribution in [0.1, 0.15) is 226 Å². The molecule has 9 nitrogen and oxygen atoms in total. The van der Waals surface area contributed by atoms with Crippen molar-refractivity contribution in [1.82, 2.24) is 5.32 Å². The Morgan fingerprint density at radius 2 is 0.968 bits per heavy atom. The van der Waals surface area contributed by atoms with Crippen LogP contribution in [0.15, 0.2) is 48.6 Å². The number of aliphatic hydroxyl groups is 5. The zero-order valence-electron chi connectivity index (χ0n) is 39.9. The molecule has 1 saturated heterocycles. The van der Waals surface area contributed by atoms with Crippen molar-refractivity contribution < 1.29 is 39.8 Å². The van der Waals surface area contributed by atoms with E-state index in [0.29, 0.717) is 12.8 Å². The van der Waals surface area contributed by atoms with Crippen molar-refractivity contribution in [3.8, 4) is 0 Å². The molecule has 0 spiro atoms. The van der Waals surface area contributed by atoms with Crippen LogP contribution in [0.25, 0.3) is 0 Å². The molecule has 1 aliphatic rings. The van der Waals surface area contributed by atoms with Crippen LogP contribution in [0.4, 0.5) is 0 Å². The fraction of sp³-hybridized carbons (Fsp3) is 0.830. The predicted molar refractivity (Wildman–Crippen MR) is 258 cm³/mol. The van der Waals surface area contributed by atoms with E-state index in [1.54, 1.807) is 0 Å². The normalized spacial score (nSPS) is 20.7. The molecular weight excluding hydrogens is 779 g/mol. The van der Waals surface area contributed by atoms with E-state index in [9.17, 15) is 30.3 Å². The van der Waals surface area contributed by atoms with Gasteiger partial charge in [0.25, 0.3) is 0 Å². The SMILES string of the molecule is CC/C=C\C/C=C\C/C=C\C/C=C\CCC(=O)NC(COC1OC(CO)C(O)C(O)C1O)C(O)CCCCCCCCCCCCCCCCCCCCCCCCCCCC. The Labute approximate surface area is 380 Å². The lowest BCUT2D eigenvalue weighted by molar-refractivity contribution is -0.302. The zero-order valence-corrected chi connectivity index (χ0v) is 39.9. The molecule has 7 unspecified atom stereocenters. The monoisotopic (exact) mass is 876 g/mol. The van der Waals surface area contributed by atoms with Crippen LogP contribution in [-0.4, -0.2) is 87.5 Å². The number of hydrogen-bond acceptors (Lipinski definition) is 8. The van der Waals surface area contributed by atoms with Gasteiger partial charge in [-0.3, -0.25) is 4.79 Å². The molecule has 1 heterocycles. The number of amides is 1. The van der Waals surface area contributed by atoms with Crippen molar-refractivity contribution in [3.05, 3.63) is 48.6 Å². The van der Waals surface area contributed by atoms with Gasteiger partial charge < -0.3 is 40.3 Å². The highest BCUT2D eigenvalue weighted by atomic mass is 16.7. The molecule has 7 atom stereocenters. The minimum absolute atomic E-state index is 0.168. The molecule has 0 aromatic carbocycles. The first-order valence-electron chi connectivity index (χ1n) is 25.8. The number of unbranched alkanes of at least 4 members (excludes halogenated alkanes) is 25. The van der Waals surface area contributed by atoms with E-state index in [-0.39, 0.29) is 18.9 Å². The van der Waals surface area contributed by atoms with Gasteiger partial charge in [0.15, 0.2) is 6.29 Å². The summed E-state index contributed by atoms with van der Waals surface area (Å²) < 4.78 is 11.2. The van der Waals surface area contributed by atoms with Crippen LogP contribution < -0.4 is 5.32 Å². The molecule has 0 aromatic rings. The summed E-state index contributed by atoms with van der Waals surface area (Å²) in [6, 6.07) is -0.758. The highest BCUT2D eigenvalue weighted by Gasteiger charge is 2.44. The lowest BCUT2D eigenvalue weighted by Crippen LogP contribution is -2.60. The summed E-state index contributed by atoms with van der Waals surface area (Å²) in [4.78, 5) is 12.9. The van der Waals surface area contributed by atoms with E-state index in [0.717, 1.165) is 44.9 Å². The number of nitrogens with one attached hydrogen (secondary N) is 1. The molecule has 1 rings (SSSR count). The van der Waals surface area contributed by atoms with Crippen molar-refractivity contribution in [2.75, 3.05) is 13.2 Å². The largest absolute Gasteiger partial charge is 0.394 e. The van der Waals surface area contributed by atoms with Gasteiger partial charge in [0.05, 0.1) is 25.4 Å². The number of hydrogen-bond donors (Lipinski definition) is 6. The Morgan fingerprint density at radius 1 is 0.565 bits per heavy atom. The first kappa shape index (κ1) is 58.2. The average Bonchev–Trinajstić information content (AvgIpc) is 3.27. The van der Waals surface area contributed by atoms with Gasteiger partial charge in [-0.1, -0.05) is 229 Å². The smallest absolute Gasteiger partial charge is 0.220 e. The van der Waals surface area contributed by atoms with Gasteiger partial charge >= 0.3 is 0 Å². The summed E-state index contributed by atoms with van der Waals surface area (Å²) in [5.41, 5.74) is 0. The Bertz CT molecular complexity index is 1110. The average molecular weight is 876 g/mol. The third-order valence-corrected chi connectivity index (χ3v) is 12.2. The fourth-order valence-electron chi connectivity index (χ4n) is 8.11. The van der Waals surface area contributed by atoms with Crippen LogP contribution >= 0.6 is 0 Å². The van der Waals surface area contributed by atoms with Gasteiger partial charge in [0.1, 0.15) is 24.4 Å². The third-order valence-electron chi connectivity index (χ3n) is 12.2. The van der Waals surface area contributed by atoms with Crippen molar-refractivity contribution >= 4 is 5.91 Å². The Morgan fingerprint density at radius 3 is 1.39 bits per heavy atom. The number of carbonyl (C=O) groups is 1. The van der Waals surface area contributed by atoms with Gasteiger partial charge in [-0.2, -0.15) is 0 Å². The molecule has 1 fully saturated rings. The third kappa shape index (κ3) is 32.8. The topological polar surface area (TPSA) is 149 Å². The molecule has 1 aliphatic heterocycles. The van der Waals surface area contributed by atoms with Crippen LogP contribution in [0, 0.1) is 0 Å². The maximum absolute atomic E-state index is 12.9. The van der Waals surface area contributed by atoms with Gasteiger partial charge in [-0.25, -0.2) is 0 Å². The van der Waals surface area contributed by atoms with Crippen LogP contribution in [0.5, 0.6) is 0 Å². The molecule has 362 valence electrons. The zero-order chi connectivity index (χ0) is 45.1. The molecule has 0 radical (unpaired) electrons. The summed E-state index contributed by atoms with van der Waals surface area (Å²) in [5.74, 6) is -0.223. The van der Waals surface area contributed by atoms with Crippen molar-refractivity contribution in [1.29, 1.82) is 0 Å². The number of carbonyl (C=O) groups excluding carboxylic acids is 1. The van der Waals surface area contributed by atoms with Gasteiger partial charge in [-0.15, -0.1) is 0 Å². The maximum atomic E-state index is 12.9. The fourth-order valence-corrected chi connectivity index (χ4v) is 8.11. The standard InChI is InChI=1S/C53H97NO8/c1-3-5-7-9-11-13-15-17-18-19-20-21-22-23-24-25-26-27-28-29-31-32-34-36-38-40-42-47(56)46(45-61-53-52(60)51(59)50(58)48(44-55)62-53)54-49(57)43-41-39-37-35-33-30-16-14-12-10-8-6-4-2/h6,8,12,14,30,33,37,39,46-48,50-53,55-56,58-60H,3-5,7,9-11,13,15-29,31-32,34-36,38,40-45H2,1-2H3,(H,54,57)/b8-6-,14-12-,33-30-,39-37-. The Balaban J connectivity index is 2.23. The molecule has 62 heavy (non-hydrogen) atoms. The summed E-state index contributed by atoms with van der Waals surface area (Å²) in [7, 11) is 0. The second-order valence-corrected chi connectivity index (χ2v) is 17.9. The van der Waals surface area contributed by atoms with E-state index >= 15 is 0 Å². The second kappa shape index (κ2) is 43.1. The molecule has 1 amide bonds. The first-order valence-corrected chi connectivity index (χ1v) is 25.8. The van der Waals surface area contributed by atoms with Crippen molar-refractivity contribution in [3.63, 3.8) is 0 Å². The first-order chi connectivity index (χ1) is 30.3.